The van der Waals surface area contributed by atoms with Crippen molar-refractivity contribution in [1.82, 2.24) is 9.88 Å². The monoisotopic (exact) mass is 377 g/mol. The molecule has 1 unspecified atom stereocenters. The van der Waals surface area contributed by atoms with Crippen molar-refractivity contribution in [1.29, 1.82) is 0 Å². The second kappa shape index (κ2) is 6.54. The van der Waals surface area contributed by atoms with Crippen LogP contribution in [0.5, 0.6) is 0 Å². The van der Waals surface area contributed by atoms with Crippen LogP contribution in [-0.2, 0) is 4.74 Å². The number of halogens is 1. The van der Waals surface area contributed by atoms with Crippen LogP contribution in [0.25, 0.3) is 10.9 Å². The zero-order valence-electron chi connectivity index (χ0n) is 12.4. The molecule has 7 heteroatoms. The summed E-state index contributed by atoms with van der Waals surface area (Å²) in [6.07, 6.45) is 2.49. The van der Waals surface area contributed by atoms with Crippen molar-refractivity contribution >= 4 is 38.8 Å². The van der Waals surface area contributed by atoms with Gasteiger partial charge in [0.1, 0.15) is 6.61 Å². The minimum Gasteiger partial charge on any atom is -0.448 e. The Labute approximate surface area is 141 Å². The fourth-order valence-electron chi connectivity index (χ4n) is 2.91. The molecule has 3 rings (SSSR count). The van der Waals surface area contributed by atoms with Gasteiger partial charge in [0.25, 0.3) is 5.91 Å². The Kier molecular flexibility index (Phi) is 4.47. The van der Waals surface area contributed by atoms with E-state index in [2.05, 4.69) is 20.9 Å². The summed E-state index contributed by atoms with van der Waals surface area (Å²) < 4.78 is 5.76. The first-order valence-corrected chi connectivity index (χ1v) is 8.13. The van der Waals surface area contributed by atoms with Gasteiger partial charge in [-0.25, -0.2) is 4.79 Å². The average Bonchev–Trinajstić information content (AvgIpc) is 3.00. The topological polar surface area (TPSA) is 85.5 Å². The molecule has 2 heterocycles. The molecule has 120 valence electrons. The largest absolute Gasteiger partial charge is 0.448 e. The maximum absolute atomic E-state index is 12.9. The van der Waals surface area contributed by atoms with Crippen LogP contribution in [0.2, 0.25) is 0 Å². The molecule has 1 fully saturated rings. The molecule has 1 aliphatic rings. The maximum atomic E-state index is 12.9. The van der Waals surface area contributed by atoms with Crippen molar-refractivity contribution in [2.45, 2.75) is 18.9 Å². The number of hydrogen-bond acceptors (Lipinski definition) is 4. The van der Waals surface area contributed by atoms with E-state index in [1.807, 2.05) is 18.2 Å². The van der Waals surface area contributed by atoms with Crippen LogP contribution < -0.4 is 5.73 Å². The Morgan fingerprint density at radius 3 is 3.00 bits per heavy atom. The summed E-state index contributed by atoms with van der Waals surface area (Å²) in [5, 5.41) is 0.799. The van der Waals surface area contributed by atoms with E-state index in [0.717, 1.165) is 28.2 Å². The van der Waals surface area contributed by atoms with E-state index >= 15 is 0 Å². The molecule has 2 N–H and O–H groups in total. The van der Waals surface area contributed by atoms with E-state index in [1.165, 1.54) is 0 Å². The van der Waals surface area contributed by atoms with Gasteiger partial charge in [-0.3, -0.25) is 9.78 Å². The molecule has 23 heavy (non-hydrogen) atoms. The first-order chi connectivity index (χ1) is 11.1. The number of pyridine rings is 1. The van der Waals surface area contributed by atoms with Gasteiger partial charge in [0.15, 0.2) is 0 Å². The molecule has 1 aliphatic heterocycles. The number of nitrogens with two attached hydrogens (primary N) is 1. The lowest BCUT2D eigenvalue weighted by atomic mass is 10.1. The number of benzene rings is 1. The highest BCUT2D eigenvalue weighted by Crippen LogP contribution is 2.26. The minimum atomic E-state index is -0.817. The van der Waals surface area contributed by atoms with Gasteiger partial charge >= 0.3 is 6.09 Å². The Hall–Kier alpha value is -2.15. The summed E-state index contributed by atoms with van der Waals surface area (Å²) in [6.45, 7) is 0.775. The molecule has 1 atom stereocenters. The number of primary amides is 1. The third-order valence-corrected chi connectivity index (χ3v) is 4.48. The third-order valence-electron chi connectivity index (χ3n) is 3.99. The normalized spacial score (nSPS) is 17.4. The summed E-state index contributed by atoms with van der Waals surface area (Å²) in [6, 6.07) is 7.24. The lowest BCUT2D eigenvalue weighted by molar-refractivity contribution is 0.0648. The molecule has 0 aliphatic carbocycles. The number of fused-ring (bicyclic) bond motifs is 1. The van der Waals surface area contributed by atoms with Crippen molar-refractivity contribution < 1.29 is 14.3 Å². The predicted octanol–water partition coefficient (Wildman–Crippen LogP) is 2.70. The van der Waals surface area contributed by atoms with Crippen LogP contribution in [-0.4, -0.2) is 41.1 Å². The first-order valence-electron chi connectivity index (χ1n) is 7.34. The quantitative estimate of drug-likeness (QED) is 0.890. The van der Waals surface area contributed by atoms with E-state index in [1.54, 1.807) is 17.2 Å². The SMILES string of the molecule is NC(=O)OCC1CCCN1C(=O)c1ccnc2ccc(Br)cc12. The van der Waals surface area contributed by atoms with E-state index in [9.17, 15) is 9.59 Å². The Bertz CT molecular complexity index is 765. The van der Waals surface area contributed by atoms with E-state index < -0.39 is 6.09 Å². The Morgan fingerprint density at radius 2 is 2.22 bits per heavy atom. The first kappa shape index (κ1) is 15.7. The van der Waals surface area contributed by atoms with Crippen LogP contribution in [0.15, 0.2) is 34.9 Å². The minimum absolute atomic E-state index is 0.0777. The Morgan fingerprint density at radius 1 is 1.39 bits per heavy atom. The van der Waals surface area contributed by atoms with Crippen molar-refractivity contribution in [3.63, 3.8) is 0 Å². The van der Waals surface area contributed by atoms with E-state index in [4.69, 9.17) is 10.5 Å². The molecule has 1 aromatic heterocycles. The highest BCUT2D eigenvalue weighted by molar-refractivity contribution is 9.10. The van der Waals surface area contributed by atoms with Gasteiger partial charge in [-0.05, 0) is 37.1 Å². The van der Waals surface area contributed by atoms with Crippen LogP contribution in [0, 0.1) is 0 Å². The lowest BCUT2D eigenvalue weighted by Crippen LogP contribution is -2.39. The predicted molar refractivity (Wildman–Crippen MR) is 89.0 cm³/mol. The van der Waals surface area contributed by atoms with Crippen LogP contribution in [0.4, 0.5) is 4.79 Å². The fraction of sp³-hybridized carbons (Fsp3) is 0.312. The highest BCUT2D eigenvalue weighted by atomic mass is 79.9. The number of rotatable bonds is 3. The summed E-state index contributed by atoms with van der Waals surface area (Å²) in [7, 11) is 0. The number of aromatic nitrogens is 1. The van der Waals surface area contributed by atoms with Crippen molar-refractivity contribution in [2.75, 3.05) is 13.2 Å². The molecule has 0 bridgehead atoms. The van der Waals surface area contributed by atoms with Gasteiger partial charge in [0.2, 0.25) is 0 Å². The Balaban J connectivity index is 1.90. The zero-order valence-corrected chi connectivity index (χ0v) is 14.0. The van der Waals surface area contributed by atoms with Crippen molar-refractivity contribution in [2.24, 2.45) is 5.73 Å². The number of likely N-dealkylation sites (tertiary alicyclic amines) is 1. The van der Waals surface area contributed by atoms with Crippen LogP contribution in [0.3, 0.4) is 0 Å². The third kappa shape index (κ3) is 3.29. The molecule has 0 radical (unpaired) electrons. The number of ether oxygens (including phenoxy) is 1. The van der Waals surface area contributed by atoms with Gasteiger partial charge in [-0.15, -0.1) is 0 Å². The smallest absolute Gasteiger partial charge is 0.404 e. The number of nitrogens with zero attached hydrogens (tertiary/aromatic N) is 2. The maximum Gasteiger partial charge on any atom is 0.404 e. The standard InChI is InChI=1S/C16H16BrN3O3/c17-10-3-4-14-13(8-10)12(5-6-19-14)15(21)20-7-1-2-11(20)9-23-16(18)22/h3-6,8,11H,1-2,7,9H2,(H2,18,22). The summed E-state index contributed by atoms with van der Waals surface area (Å²) in [4.78, 5) is 29.8. The average molecular weight is 378 g/mol. The molecule has 0 spiro atoms. The molecule has 0 saturated carbocycles. The summed E-state index contributed by atoms with van der Waals surface area (Å²) >= 11 is 3.43. The molecule has 2 aromatic rings. The highest BCUT2D eigenvalue weighted by Gasteiger charge is 2.31. The number of amides is 2. The zero-order chi connectivity index (χ0) is 16.4. The lowest BCUT2D eigenvalue weighted by Gasteiger charge is -2.24. The van der Waals surface area contributed by atoms with E-state index in [0.29, 0.717) is 12.1 Å². The molecule has 6 nitrogen and oxygen atoms in total. The molecule has 1 aromatic carbocycles. The number of carbonyl (C=O) groups excluding carboxylic acids is 2. The van der Waals surface area contributed by atoms with Gasteiger partial charge in [0.05, 0.1) is 17.1 Å². The van der Waals surface area contributed by atoms with Crippen molar-refractivity contribution in [3.05, 3.63) is 40.5 Å². The van der Waals surface area contributed by atoms with Crippen LogP contribution >= 0.6 is 15.9 Å². The van der Waals surface area contributed by atoms with Gasteiger partial charge in [-0.1, -0.05) is 15.9 Å². The molecule has 2 amide bonds. The number of hydrogen-bond donors (Lipinski definition) is 1. The second-order valence-corrected chi connectivity index (χ2v) is 6.36. The second-order valence-electron chi connectivity index (χ2n) is 5.44. The molecule has 1 saturated heterocycles. The van der Waals surface area contributed by atoms with Crippen LogP contribution in [0.1, 0.15) is 23.2 Å². The van der Waals surface area contributed by atoms with Gasteiger partial charge < -0.3 is 15.4 Å². The van der Waals surface area contributed by atoms with Crippen molar-refractivity contribution in [3.8, 4) is 0 Å². The summed E-state index contributed by atoms with van der Waals surface area (Å²) in [5.41, 5.74) is 6.38. The molecular formula is C16H16BrN3O3. The van der Waals surface area contributed by atoms with Gasteiger partial charge in [0, 0.05) is 22.6 Å². The molecular weight excluding hydrogens is 362 g/mol. The number of carbonyl (C=O) groups is 2. The summed E-state index contributed by atoms with van der Waals surface area (Å²) in [5.74, 6) is -0.0777. The van der Waals surface area contributed by atoms with Gasteiger partial charge in [-0.2, -0.15) is 0 Å². The fourth-order valence-corrected chi connectivity index (χ4v) is 3.28. The van der Waals surface area contributed by atoms with E-state index in [-0.39, 0.29) is 18.6 Å².